The first-order valence-corrected chi connectivity index (χ1v) is 7.57. The van der Waals surface area contributed by atoms with Crippen molar-refractivity contribution in [3.63, 3.8) is 0 Å². The lowest BCUT2D eigenvalue weighted by Crippen LogP contribution is -2.01. The van der Waals surface area contributed by atoms with E-state index in [9.17, 15) is 0 Å². The van der Waals surface area contributed by atoms with Gasteiger partial charge >= 0.3 is 0 Å². The molecule has 0 aliphatic heterocycles. The SMILES string of the molecule is CC/C=C\CC(CCC)c1cc(Cl)cc(Cl)c1OC. The van der Waals surface area contributed by atoms with E-state index in [0.717, 1.165) is 37.0 Å². The Hall–Kier alpha value is -0.660. The van der Waals surface area contributed by atoms with Gasteiger partial charge < -0.3 is 4.74 Å². The number of ether oxygens (including phenoxy) is 1. The first-order chi connectivity index (χ1) is 9.13. The number of hydrogen-bond donors (Lipinski definition) is 0. The molecule has 0 spiro atoms. The van der Waals surface area contributed by atoms with Gasteiger partial charge in [0.2, 0.25) is 0 Å². The summed E-state index contributed by atoms with van der Waals surface area (Å²) in [5.74, 6) is 1.16. The number of hydrogen-bond acceptors (Lipinski definition) is 1. The Morgan fingerprint density at radius 3 is 2.53 bits per heavy atom. The fourth-order valence-corrected chi connectivity index (χ4v) is 2.86. The van der Waals surface area contributed by atoms with Crippen LogP contribution in [0.15, 0.2) is 24.3 Å². The molecule has 0 heterocycles. The van der Waals surface area contributed by atoms with Crippen molar-refractivity contribution in [2.75, 3.05) is 7.11 Å². The number of benzene rings is 1. The lowest BCUT2D eigenvalue weighted by Gasteiger charge is -2.19. The zero-order valence-electron chi connectivity index (χ0n) is 11.9. The zero-order valence-corrected chi connectivity index (χ0v) is 13.4. The molecule has 19 heavy (non-hydrogen) atoms. The van der Waals surface area contributed by atoms with Gasteiger partial charge in [-0.25, -0.2) is 0 Å². The number of methoxy groups -OCH3 is 1. The highest BCUT2D eigenvalue weighted by Crippen LogP contribution is 2.39. The van der Waals surface area contributed by atoms with E-state index in [-0.39, 0.29) is 0 Å². The maximum Gasteiger partial charge on any atom is 0.141 e. The molecule has 0 saturated heterocycles. The van der Waals surface area contributed by atoms with Gasteiger partial charge in [0, 0.05) is 10.6 Å². The Morgan fingerprint density at radius 2 is 1.95 bits per heavy atom. The molecule has 0 bridgehead atoms. The van der Waals surface area contributed by atoms with Crippen LogP contribution in [-0.2, 0) is 0 Å². The summed E-state index contributed by atoms with van der Waals surface area (Å²) >= 11 is 12.3. The summed E-state index contributed by atoms with van der Waals surface area (Å²) in [6, 6.07) is 3.71. The summed E-state index contributed by atoms with van der Waals surface area (Å²) in [7, 11) is 1.66. The standard InChI is InChI=1S/C16H22Cl2O/c1-4-6-7-9-12(8-5-2)14-10-13(17)11-15(18)16(14)19-3/h6-7,10-12H,4-5,8-9H2,1-3H3/b7-6-. The third kappa shape index (κ3) is 4.74. The van der Waals surface area contributed by atoms with Crippen LogP contribution in [0.3, 0.4) is 0 Å². The summed E-state index contributed by atoms with van der Waals surface area (Å²) in [6.07, 6.45) is 8.70. The molecule has 1 rings (SSSR count). The van der Waals surface area contributed by atoms with Crippen LogP contribution >= 0.6 is 23.2 Å². The van der Waals surface area contributed by atoms with Crippen molar-refractivity contribution in [3.8, 4) is 5.75 Å². The normalized spacial score (nSPS) is 12.9. The molecule has 1 aromatic carbocycles. The molecule has 106 valence electrons. The molecule has 1 nitrogen and oxygen atoms in total. The molecule has 0 aliphatic rings. The molecule has 0 aliphatic carbocycles. The van der Waals surface area contributed by atoms with E-state index in [2.05, 4.69) is 26.0 Å². The van der Waals surface area contributed by atoms with Gasteiger partial charge in [-0.1, -0.05) is 55.6 Å². The summed E-state index contributed by atoms with van der Waals surface area (Å²) < 4.78 is 5.45. The molecular formula is C16H22Cl2O. The van der Waals surface area contributed by atoms with E-state index in [4.69, 9.17) is 27.9 Å². The fraction of sp³-hybridized carbons (Fsp3) is 0.500. The van der Waals surface area contributed by atoms with Crippen LogP contribution in [-0.4, -0.2) is 7.11 Å². The molecular weight excluding hydrogens is 279 g/mol. The Balaban J connectivity index is 3.09. The van der Waals surface area contributed by atoms with Crippen LogP contribution in [0.1, 0.15) is 51.0 Å². The largest absolute Gasteiger partial charge is 0.495 e. The minimum atomic E-state index is 0.402. The van der Waals surface area contributed by atoms with Crippen LogP contribution < -0.4 is 4.74 Å². The lowest BCUT2D eigenvalue weighted by atomic mass is 9.90. The minimum Gasteiger partial charge on any atom is -0.495 e. The average molecular weight is 301 g/mol. The second kappa shape index (κ2) is 8.50. The summed E-state index contributed by atoms with van der Waals surface area (Å²) in [4.78, 5) is 0. The van der Waals surface area contributed by atoms with Crippen LogP contribution in [0, 0.1) is 0 Å². The molecule has 0 amide bonds. The molecule has 1 unspecified atom stereocenters. The predicted molar refractivity (Wildman–Crippen MR) is 84.7 cm³/mol. The topological polar surface area (TPSA) is 9.23 Å². The predicted octanol–water partition coefficient (Wildman–Crippen LogP) is 6.24. The van der Waals surface area contributed by atoms with Gasteiger partial charge in [-0.3, -0.25) is 0 Å². The molecule has 0 fully saturated rings. The van der Waals surface area contributed by atoms with Gasteiger partial charge in [-0.15, -0.1) is 0 Å². The van der Waals surface area contributed by atoms with Crippen LogP contribution in [0.25, 0.3) is 0 Å². The van der Waals surface area contributed by atoms with E-state index >= 15 is 0 Å². The van der Waals surface area contributed by atoms with Crippen molar-refractivity contribution in [1.29, 1.82) is 0 Å². The second-order valence-corrected chi connectivity index (χ2v) is 5.45. The lowest BCUT2D eigenvalue weighted by molar-refractivity contribution is 0.403. The Kier molecular flexibility index (Phi) is 7.33. The van der Waals surface area contributed by atoms with Crippen molar-refractivity contribution in [1.82, 2.24) is 0 Å². The first kappa shape index (κ1) is 16.4. The van der Waals surface area contributed by atoms with Crippen LogP contribution in [0.2, 0.25) is 10.0 Å². The van der Waals surface area contributed by atoms with Crippen molar-refractivity contribution in [3.05, 3.63) is 39.9 Å². The number of rotatable bonds is 7. The monoisotopic (exact) mass is 300 g/mol. The molecule has 1 atom stereocenters. The highest BCUT2D eigenvalue weighted by atomic mass is 35.5. The van der Waals surface area contributed by atoms with E-state index in [1.54, 1.807) is 13.2 Å². The maximum atomic E-state index is 6.21. The Morgan fingerprint density at radius 1 is 1.21 bits per heavy atom. The maximum absolute atomic E-state index is 6.21. The third-order valence-corrected chi connectivity index (χ3v) is 3.64. The van der Waals surface area contributed by atoms with Gasteiger partial charge in [0.05, 0.1) is 12.1 Å². The van der Waals surface area contributed by atoms with Crippen LogP contribution in [0.4, 0.5) is 0 Å². The van der Waals surface area contributed by atoms with E-state index in [1.807, 2.05) is 6.07 Å². The molecule has 3 heteroatoms. The summed E-state index contributed by atoms with van der Waals surface area (Å²) in [5, 5.41) is 1.26. The van der Waals surface area contributed by atoms with Gasteiger partial charge in [-0.2, -0.15) is 0 Å². The zero-order chi connectivity index (χ0) is 14.3. The van der Waals surface area contributed by atoms with E-state index in [1.165, 1.54) is 0 Å². The molecule has 0 saturated carbocycles. The highest BCUT2D eigenvalue weighted by molar-refractivity contribution is 6.35. The van der Waals surface area contributed by atoms with Crippen LogP contribution in [0.5, 0.6) is 5.75 Å². The molecule has 1 aromatic rings. The van der Waals surface area contributed by atoms with Gasteiger partial charge in [0.15, 0.2) is 0 Å². The van der Waals surface area contributed by atoms with Gasteiger partial charge in [-0.05, 0) is 37.3 Å². The van der Waals surface area contributed by atoms with Crippen molar-refractivity contribution in [2.45, 2.75) is 45.4 Å². The number of allylic oxidation sites excluding steroid dienone is 2. The minimum absolute atomic E-state index is 0.402. The smallest absolute Gasteiger partial charge is 0.141 e. The number of halogens is 2. The summed E-state index contributed by atoms with van der Waals surface area (Å²) in [5.41, 5.74) is 1.11. The molecule has 0 N–H and O–H groups in total. The fourth-order valence-electron chi connectivity index (χ4n) is 2.27. The summed E-state index contributed by atoms with van der Waals surface area (Å²) in [6.45, 7) is 4.33. The van der Waals surface area contributed by atoms with Gasteiger partial charge in [0.1, 0.15) is 5.75 Å². The Labute approximate surface area is 126 Å². The third-order valence-electron chi connectivity index (χ3n) is 3.14. The van der Waals surface area contributed by atoms with Gasteiger partial charge in [0.25, 0.3) is 0 Å². The van der Waals surface area contributed by atoms with Crippen molar-refractivity contribution >= 4 is 23.2 Å². The Bertz CT molecular complexity index is 427. The highest BCUT2D eigenvalue weighted by Gasteiger charge is 2.17. The quantitative estimate of drug-likeness (QED) is 0.541. The second-order valence-electron chi connectivity index (χ2n) is 4.61. The van der Waals surface area contributed by atoms with Crippen molar-refractivity contribution < 1.29 is 4.74 Å². The molecule has 0 radical (unpaired) electrons. The van der Waals surface area contributed by atoms with E-state index in [0.29, 0.717) is 16.0 Å². The molecule has 0 aromatic heterocycles. The first-order valence-electron chi connectivity index (χ1n) is 6.81. The average Bonchev–Trinajstić information content (AvgIpc) is 2.37. The van der Waals surface area contributed by atoms with Crippen molar-refractivity contribution in [2.24, 2.45) is 0 Å². The van der Waals surface area contributed by atoms with E-state index < -0.39 is 0 Å².